The Morgan fingerprint density at radius 2 is 1.95 bits per heavy atom. The Hall–Kier alpha value is -1.01. The molecule has 0 saturated heterocycles. The van der Waals surface area contributed by atoms with E-state index in [9.17, 15) is 4.79 Å². The standard InChI is InChI=1S/C15H13IO2S/c1-19-14-7-5-11(6-8-14)15(17)10-18-13-4-2-3-12(16)9-13/h2-9H,10H2,1H3. The third-order valence-corrected chi connectivity index (χ3v) is 3.99. The van der Waals surface area contributed by atoms with Gasteiger partial charge in [0.05, 0.1) is 0 Å². The second-order valence-electron chi connectivity index (χ2n) is 3.90. The van der Waals surface area contributed by atoms with Crippen molar-refractivity contribution in [3.63, 3.8) is 0 Å². The molecule has 0 amide bonds. The lowest BCUT2D eigenvalue weighted by atomic mass is 10.1. The summed E-state index contributed by atoms with van der Waals surface area (Å²) >= 11 is 3.87. The summed E-state index contributed by atoms with van der Waals surface area (Å²) in [5.74, 6) is 0.715. The fourth-order valence-corrected chi connectivity index (χ4v) is 2.49. The van der Waals surface area contributed by atoms with Gasteiger partial charge in [0, 0.05) is 14.0 Å². The minimum Gasteiger partial charge on any atom is -0.485 e. The van der Waals surface area contributed by atoms with E-state index in [0.29, 0.717) is 5.56 Å². The second kappa shape index (κ2) is 6.96. The number of ketones is 1. The number of carbonyl (C=O) groups excluding carboxylic acids is 1. The molecular weight excluding hydrogens is 371 g/mol. The van der Waals surface area contributed by atoms with Crippen LogP contribution in [0.1, 0.15) is 10.4 Å². The number of rotatable bonds is 5. The zero-order valence-corrected chi connectivity index (χ0v) is 13.4. The lowest BCUT2D eigenvalue weighted by Crippen LogP contribution is -2.11. The molecule has 2 aromatic carbocycles. The van der Waals surface area contributed by atoms with E-state index in [1.807, 2.05) is 54.8 Å². The number of carbonyl (C=O) groups is 1. The van der Waals surface area contributed by atoms with Crippen molar-refractivity contribution in [3.05, 3.63) is 57.7 Å². The van der Waals surface area contributed by atoms with Crippen LogP contribution in [0.15, 0.2) is 53.4 Å². The van der Waals surface area contributed by atoms with Crippen molar-refractivity contribution in [2.75, 3.05) is 12.9 Å². The van der Waals surface area contributed by atoms with Gasteiger partial charge in [-0.25, -0.2) is 0 Å². The Kier molecular flexibility index (Phi) is 5.27. The van der Waals surface area contributed by atoms with E-state index in [1.165, 1.54) is 0 Å². The molecule has 19 heavy (non-hydrogen) atoms. The predicted molar refractivity (Wildman–Crippen MR) is 87.2 cm³/mol. The van der Waals surface area contributed by atoms with Crippen LogP contribution >= 0.6 is 34.4 Å². The van der Waals surface area contributed by atoms with Crippen LogP contribution in [0.4, 0.5) is 0 Å². The summed E-state index contributed by atoms with van der Waals surface area (Å²) < 4.78 is 6.59. The predicted octanol–water partition coefficient (Wildman–Crippen LogP) is 4.27. The summed E-state index contributed by atoms with van der Waals surface area (Å²) in [6.07, 6.45) is 2.01. The Balaban J connectivity index is 1.97. The van der Waals surface area contributed by atoms with E-state index >= 15 is 0 Å². The fraction of sp³-hybridized carbons (Fsp3) is 0.133. The van der Waals surface area contributed by atoms with Gasteiger partial charge in [0.25, 0.3) is 0 Å². The molecule has 0 heterocycles. The van der Waals surface area contributed by atoms with Crippen LogP contribution < -0.4 is 4.74 Å². The second-order valence-corrected chi connectivity index (χ2v) is 6.02. The minimum atomic E-state index is -0.00786. The summed E-state index contributed by atoms with van der Waals surface area (Å²) in [5, 5.41) is 0. The molecule has 2 nitrogen and oxygen atoms in total. The van der Waals surface area contributed by atoms with E-state index in [2.05, 4.69) is 22.6 Å². The average molecular weight is 384 g/mol. The first-order valence-electron chi connectivity index (χ1n) is 5.74. The molecule has 0 aromatic heterocycles. The van der Waals surface area contributed by atoms with Crippen molar-refractivity contribution >= 4 is 40.1 Å². The zero-order valence-electron chi connectivity index (χ0n) is 10.4. The summed E-state index contributed by atoms with van der Waals surface area (Å²) in [6, 6.07) is 15.2. The number of ether oxygens (including phenoxy) is 1. The maximum absolute atomic E-state index is 12.0. The number of thioether (sulfide) groups is 1. The largest absolute Gasteiger partial charge is 0.485 e. The maximum Gasteiger partial charge on any atom is 0.200 e. The van der Waals surface area contributed by atoms with Crippen molar-refractivity contribution in [1.82, 2.24) is 0 Å². The molecule has 2 rings (SSSR count). The minimum absolute atomic E-state index is 0.00786. The van der Waals surface area contributed by atoms with Gasteiger partial charge in [0.1, 0.15) is 5.75 Å². The number of halogens is 1. The van der Waals surface area contributed by atoms with Gasteiger partial charge >= 0.3 is 0 Å². The summed E-state index contributed by atoms with van der Waals surface area (Å²) in [7, 11) is 0. The Labute approximate surface area is 130 Å². The van der Waals surface area contributed by atoms with Crippen molar-refractivity contribution in [1.29, 1.82) is 0 Å². The van der Waals surface area contributed by atoms with Crippen LogP contribution in [-0.4, -0.2) is 18.6 Å². The lowest BCUT2D eigenvalue weighted by molar-refractivity contribution is 0.0921. The average Bonchev–Trinajstić information content (AvgIpc) is 2.45. The van der Waals surface area contributed by atoms with Crippen LogP contribution in [0.2, 0.25) is 0 Å². The van der Waals surface area contributed by atoms with E-state index in [1.54, 1.807) is 11.8 Å². The van der Waals surface area contributed by atoms with Crippen LogP contribution in [-0.2, 0) is 0 Å². The molecule has 0 spiro atoms. The van der Waals surface area contributed by atoms with Gasteiger partial charge in [0.15, 0.2) is 12.4 Å². The van der Waals surface area contributed by atoms with Gasteiger partial charge in [0.2, 0.25) is 0 Å². The molecule has 4 heteroatoms. The highest BCUT2D eigenvalue weighted by molar-refractivity contribution is 14.1. The molecule has 0 bridgehead atoms. The van der Waals surface area contributed by atoms with Crippen LogP contribution in [0.5, 0.6) is 5.75 Å². The van der Waals surface area contributed by atoms with E-state index in [-0.39, 0.29) is 12.4 Å². The Bertz CT molecular complexity index is 567. The summed E-state index contributed by atoms with van der Waals surface area (Å²) in [6.45, 7) is 0.0682. The SMILES string of the molecule is CSc1ccc(C(=O)COc2cccc(I)c2)cc1. The Morgan fingerprint density at radius 1 is 1.21 bits per heavy atom. The van der Waals surface area contributed by atoms with Crippen LogP contribution in [0.3, 0.4) is 0 Å². The molecule has 0 aliphatic heterocycles. The first-order valence-corrected chi connectivity index (χ1v) is 8.05. The van der Waals surface area contributed by atoms with Crippen molar-refractivity contribution in [2.24, 2.45) is 0 Å². The molecule has 0 saturated carbocycles. The van der Waals surface area contributed by atoms with E-state index in [0.717, 1.165) is 14.2 Å². The van der Waals surface area contributed by atoms with Crippen LogP contribution in [0.25, 0.3) is 0 Å². The van der Waals surface area contributed by atoms with E-state index in [4.69, 9.17) is 4.74 Å². The topological polar surface area (TPSA) is 26.3 Å². The Morgan fingerprint density at radius 3 is 2.58 bits per heavy atom. The highest BCUT2D eigenvalue weighted by Crippen LogP contribution is 2.17. The van der Waals surface area contributed by atoms with Gasteiger partial charge in [-0.3, -0.25) is 4.79 Å². The van der Waals surface area contributed by atoms with Gasteiger partial charge in [-0.05, 0) is 59.2 Å². The monoisotopic (exact) mass is 384 g/mol. The molecule has 0 atom stereocenters. The first-order chi connectivity index (χ1) is 9.19. The van der Waals surface area contributed by atoms with Crippen molar-refractivity contribution in [3.8, 4) is 5.75 Å². The van der Waals surface area contributed by atoms with Gasteiger partial charge < -0.3 is 4.74 Å². The molecule has 98 valence electrons. The maximum atomic E-state index is 12.0. The van der Waals surface area contributed by atoms with Crippen LogP contribution in [0, 0.1) is 3.57 Å². The number of Topliss-reactive ketones (excluding diaryl/α,β-unsaturated/α-hetero) is 1. The molecule has 0 N–H and O–H groups in total. The molecule has 0 fully saturated rings. The highest BCUT2D eigenvalue weighted by Gasteiger charge is 2.07. The number of benzene rings is 2. The lowest BCUT2D eigenvalue weighted by Gasteiger charge is -2.06. The molecule has 0 aliphatic rings. The number of hydrogen-bond acceptors (Lipinski definition) is 3. The molecule has 0 aliphatic carbocycles. The van der Waals surface area contributed by atoms with Crippen molar-refractivity contribution in [2.45, 2.75) is 4.90 Å². The van der Waals surface area contributed by atoms with Gasteiger partial charge in [-0.1, -0.05) is 18.2 Å². The first kappa shape index (κ1) is 14.4. The normalized spacial score (nSPS) is 10.2. The quantitative estimate of drug-likeness (QED) is 0.438. The smallest absolute Gasteiger partial charge is 0.200 e. The van der Waals surface area contributed by atoms with Crippen molar-refractivity contribution < 1.29 is 9.53 Å². The molecule has 2 aromatic rings. The third-order valence-electron chi connectivity index (χ3n) is 2.58. The molecule has 0 radical (unpaired) electrons. The molecular formula is C15H13IO2S. The summed E-state index contributed by atoms with van der Waals surface area (Å²) in [4.78, 5) is 13.1. The number of hydrogen-bond donors (Lipinski definition) is 0. The fourth-order valence-electron chi connectivity index (χ4n) is 1.57. The molecule has 0 unspecified atom stereocenters. The highest BCUT2D eigenvalue weighted by atomic mass is 127. The van der Waals surface area contributed by atoms with E-state index < -0.39 is 0 Å². The van der Waals surface area contributed by atoms with Gasteiger partial charge in [-0.2, -0.15) is 0 Å². The third kappa shape index (κ3) is 4.24. The zero-order chi connectivity index (χ0) is 13.7. The summed E-state index contributed by atoms with van der Waals surface area (Å²) in [5.41, 5.74) is 0.684. The van der Waals surface area contributed by atoms with Gasteiger partial charge in [-0.15, -0.1) is 11.8 Å².